The standard InChI is InChI=1S/C32H46O9/c1-17(11-12-23(38-7)21-9-8-10-22(34)13-21)29-19(3)25-16-32(41-29)27(28(36)18(2)15-31(32,5)6)30(37)40-24(20(4)33)14-26(35)39-25/h8-10,13,17-20,23-25,27,29,33-34H,11-12,14-16H2,1-7H3/t17-,18-,19-,20+,23-,24+,25-,27+,29+,32-/m0/s1. The second-order valence-electron chi connectivity index (χ2n) is 13.2. The molecule has 2 aliphatic heterocycles. The number of benzene rings is 1. The summed E-state index contributed by atoms with van der Waals surface area (Å²) in [6.07, 6.45) is -1.74. The number of hydrogen-bond acceptors (Lipinski definition) is 9. The van der Waals surface area contributed by atoms with Gasteiger partial charge < -0.3 is 29.2 Å². The first-order valence-corrected chi connectivity index (χ1v) is 14.8. The number of phenols is 1. The average Bonchev–Trinajstić information content (AvgIpc) is 2.88. The van der Waals surface area contributed by atoms with Gasteiger partial charge in [-0.1, -0.05) is 46.8 Å². The van der Waals surface area contributed by atoms with Crippen LogP contribution in [0.4, 0.5) is 0 Å². The number of ketones is 1. The Morgan fingerprint density at radius 1 is 1.07 bits per heavy atom. The fourth-order valence-electron chi connectivity index (χ4n) is 7.38. The molecule has 0 radical (unpaired) electrons. The molecule has 2 saturated heterocycles. The van der Waals surface area contributed by atoms with Crippen molar-refractivity contribution in [2.24, 2.45) is 29.1 Å². The lowest BCUT2D eigenvalue weighted by molar-refractivity contribution is -0.279. The van der Waals surface area contributed by atoms with E-state index in [0.717, 1.165) is 5.56 Å². The van der Waals surface area contributed by atoms with Gasteiger partial charge in [-0.3, -0.25) is 14.4 Å². The summed E-state index contributed by atoms with van der Waals surface area (Å²) in [5.41, 5.74) is -1.01. The van der Waals surface area contributed by atoms with E-state index in [1.165, 1.54) is 6.92 Å². The van der Waals surface area contributed by atoms with Crippen LogP contribution in [0.2, 0.25) is 0 Å². The van der Waals surface area contributed by atoms with Gasteiger partial charge in [0.1, 0.15) is 23.9 Å². The maximum absolute atomic E-state index is 13.8. The summed E-state index contributed by atoms with van der Waals surface area (Å²) in [5, 5.41) is 20.2. The van der Waals surface area contributed by atoms with Crippen molar-refractivity contribution in [2.45, 2.75) is 110 Å². The highest BCUT2D eigenvalue weighted by atomic mass is 16.6. The van der Waals surface area contributed by atoms with E-state index in [1.54, 1.807) is 25.3 Å². The second-order valence-corrected chi connectivity index (χ2v) is 13.2. The Morgan fingerprint density at radius 3 is 2.41 bits per heavy atom. The van der Waals surface area contributed by atoms with E-state index in [4.69, 9.17) is 18.9 Å². The van der Waals surface area contributed by atoms with Gasteiger partial charge in [-0.2, -0.15) is 0 Å². The van der Waals surface area contributed by atoms with Gasteiger partial charge in [-0.15, -0.1) is 0 Å². The number of phenolic OH excluding ortho intramolecular Hbond substituents is 1. The van der Waals surface area contributed by atoms with Gasteiger partial charge in [0.2, 0.25) is 0 Å². The molecule has 0 aromatic heterocycles. The number of rotatable bonds is 7. The molecule has 9 heteroatoms. The molecule has 1 aliphatic carbocycles. The van der Waals surface area contributed by atoms with Crippen molar-refractivity contribution in [3.63, 3.8) is 0 Å². The van der Waals surface area contributed by atoms with Crippen LogP contribution in [0.25, 0.3) is 0 Å². The third-order valence-corrected chi connectivity index (χ3v) is 9.82. The maximum atomic E-state index is 13.8. The van der Waals surface area contributed by atoms with E-state index in [0.29, 0.717) is 19.3 Å². The lowest BCUT2D eigenvalue weighted by Crippen LogP contribution is -2.69. The molecule has 1 aromatic carbocycles. The monoisotopic (exact) mass is 574 g/mol. The number of carbonyl (C=O) groups is 3. The van der Waals surface area contributed by atoms with Crippen molar-refractivity contribution in [1.29, 1.82) is 0 Å². The largest absolute Gasteiger partial charge is 0.508 e. The minimum atomic E-state index is -1.25. The Bertz CT molecular complexity index is 1130. The Balaban J connectivity index is 1.70. The van der Waals surface area contributed by atoms with Crippen LogP contribution in [-0.4, -0.2) is 65.1 Å². The lowest BCUT2D eigenvalue weighted by atomic mass is 9.53. The van der Waals surface area contributed by atoms with Gasteiger partial charge in [-0.25, -0.2) is 0 Å². The number of fused-ring (bicyclic) bond motifs is 1. The van der Waals surface area contributed by atoms with Crippen molar-refractivity contribution in [2.75, 3.05) is 7.11 Å². The first kappa shape index (κ1) is 31.4. The highest BCUT2D eigenvalue weighted by molar-refractivity contribution is 6.02. The molecule has 2 N–H and O–H groups in total. The zero-order valence-electron chi connectivity index (χ0n) is 25.3. The van der Waals surface area contributed by atoms with E-state index < -0.39 is 53.3 Å². The minimum absolute atomic E-state index is 0.0478. The lowest BCUT2D eigenvalue weighted by Gasteiger charge is -2.60. The van der Waals surface area contributed by atoms with E-state index in [1.807, 2.05) is 33.8 Å². The molecule has 228 valence electrons. The predicted octanol–water partition coefficient (Wildman–Crippen LogP) is 4.52. The Kier molecular flexibility index (Phi) is 9.21. The van der Waals surface area contributed by atoms with Crippen molar-refractivity contribution in [3.05, 3.63) is 29.8 Å². The quantitative estimate of drug-likeness (QED) is 0.357. The predicted molar refractivity (Wildman–Crippen MR) is 150 cm³/mol. The molecule has 9 nitrogen and oxygen atoms in total. The van der Waals surface area contributed by atoms with E-state index in [-0.39, 0.29) is 48.2 Å². The number of aliphatic hydroxyl groups is 1. The van der Waals surface area contributed by atoms with Gasteiger partial charge >= 0.3 is 11.9 Å². The maximum Gasteiger partial charge on any atom is 0.319 e. The third-order valence-electron chi connectivity index (χ3n) is 9.82. The number of aliphatic hydroxyl groups excluding tert-OH is 1. The minimum Gasteiger partial charge on any atom is -0.508 e. The normalized spacial score (nSPS) is 35.9. The number of esters is 2. The summed E-state index contributed by atoms with van der Waals surface area (Å²) in [7, 11) is 1.64. The SMILES string of the molecule is CO[C@@H](CC[C@H](C)[C@H]1O[C@@]23C[C@H](OC(=O)C[C@H]([C@@H](C)O)OC(=O)[C@H]2C(=O)[C@@H](C)CC3(C)C)[C@@H]1C)c1cccc(O)c1. The van der Waals surface area contributed by atoms with Gasteiger partial charge in [0.25, 0.3) is 0 Å². The fourth-order valence-corrected chi connectivity index (χ4v) is 7.38. The van der Waals surface area contributed by atoms with Crippen molar-refractivity contribution in [1.82, 2.24) is 0 Å². The molecule has 2 heterocycles. The second kappa shape index (κ2) is 12.0. The van der Waals surface area contributed by atoms with Crippen LogP contribution < -0.4 is 0 Å². The summed E-state index contributed by atoms with van der Waals surface area (Å²) in [5.74, 6) is -3.23. The molecule has 10 atom stereocenters. The molecule has 2 bridgehead atoms. The fraction of sp³-hybridized carbons (Fsp3) is 0.719. The number of aromatic hydroxyl groups is 1. The summed E-state index contributed by atoms with van der Waals surface area (Å²) < 4.78 is 24.5. The van der Waals surface area contributed by atoms with Crippen molar-refractivity contribution < 1.29 is 43.5 Å². The number of Topliss-reactive ketones (excluding diaryl/α,β-unsaturated/α-hetero) is 1. The van der Waals surface area contributed by atoms with Crippen LogP contribution in [0.5, 0.6) is 5.75 Å². The molecule has 1 saturated carbocycles. The first-order valence-electron chi connectivity index (χ1n) is 14.8. The molecule has 1 spiro atoms. The highest BCUT2D eigenvalue weighted by Crippen LogP contribution is 2.57. The van der Waals surface area contributed by atoms with E-state index >= 15 is 0 Å². The molecule has 1 aromatic rings. The Hall–Kier alpha value is -2.49. The first-order chi connectivity index (χ1) is 19.2. The topological polar surface area (TPSA) is 129 Å². The Labute approximate surface area is 242 Å². The van der Waals surface area contributed by atoms with E-state index in [9.17, 15) is 24.6 Å². The van der Waals surface area contributed by atoms with Gasteiger partial charge in [0.15, 0.2) is 5.78 Å². The Morgan fingerprint density at radius 2 is 1.78 bits per heavy atom. The number of ether oxygens (including phenoxy) is 4. The number of methoxy groups -OCH3 is 1. The number of cyclic esters (lactones) is 1. The smallest absolute Gasteiger partial charge is 0.319 e. The van der Waals surface area contributed by atoms with Crippen LogP contribution >= 0.6 is 0 Å². The van der Waals surface area contributed by atoms with Crippen LogP contribution in [-0.2, 0) is 33.3 Å². The summed E-state index contributed by atoms with van der Waals surface area (Å²) in [6, 6.07) is 7.00. The summed E-state index contributed by atoms with van der Waals surface area (Å²) >= 11 is 0. The van der Waals surface area contributed by atoms with E-state index in [2.05, 4.69) is 6.92 Å². The molecule has 4 rings (SSSR count). The molecular formula is C32H46O9. The summed E-state index contributed by atoms with van der Waals surface area (Å²) in [4.78, 5) is 40.6. The third kappa shape index (κ3) is 6.04. The van der Waals surface area contributed by atoms with Crippen LogP contribution in [0.15, 0.2) is 24.3 Å². The number of carbonyl (C=O) groups excluding carboxylic acids is 3. The van der Waals surface area contributed by atoms with Crippen LogP contribution in [0, 0.1) is 29.1 Å². The zero-order chi connectivity index (χ0) is 30.3. The van der Waals surface area contributed by atoms with Crippen LogP contribution in [0.1, 0.15) is 85.3 Å². The van der Waals surface area contributed by atoms with Gasteiger partial charge in [0, 0.05) is 25.4 Å². The van der Waals surface area contributed by atoms with Crippen LogP contribution in [0.3, 0.4) is 0 Å². The molecule has 41 heavy (non-hydrogen) atoms. The van der Waals surface area contributed by atoms with Crippen molar-refractivity contribution in [3.8, 4) is 5.75 Å². The van der Waals surface area contributed by atoms with Gasteiger partial charge in [0.05, 0.1) is 30.3 Å². The average molecular weight is 575 g/mol. The number of hydrogen-bond donors (Lipinski definition) is 2. The molecular weight excluding hydrogens is 528 g/mol. The summed E-state index contributed by atoms with van der Waals surface area (Å²) in [6.45, 7) is 11.3. The van der Waals surface area contributed by atoms with Crippen molar-refractivity contribution >= 4 is 17.7 Å². The van der Waals surface area contributed by atoms with Gasteiger partial charge in [-0.05, 0) is 55.2 Å². The molecule has 0 unspecified atom stereocenters. The molecule has 0 amide bonds. The zero-order valence-corrected chi connectivity index (χ0v) is 25.3. The molecule has 3 fully saturated rings. The molecule has 3 aliphatic rings. The highest BCUT2D eigenvalue weighted by Gasteiger charge is 2.67.